The van der Waals surface area contributed by atoms with Crippen LogP contribution in [-0.2, 0) is 0 Å². The first-order chi connectivity index (χ1) is 18.1. The average molecular weight is 484 g/mol. The third kappa shape index (κ3) is 3.64. The predicted molar refractivity (Wildman–Crippen MR) is 123 cm³/mol. The van der Waals surface area contributed by atoms with Gasteiger partial charge in [-0.15, -0.1) is 0 Å². The number of benzene rings is 2. The van der Waals surface area contributed by atoms with Crippen LogP contribution in [0.5, 0.6) is 5.75 Å². The molecule has 0 N–H and O–H groups in total. The van der Waals surface area contributed by atoms with Gasteiger partial charge in [-0.05, 0) is 36.8 Å². The number of amides is 1. The summed E-state index contributed by atoms with van der Waals surface area (Å²) in [5.41, 5.74) is 2.10. The first-order valence-corrected chi connectivity index (χ1v) is 11.4. The molecule has 3 aromatic rings. The Hall–Kier alpha value is -3.51. The highest BCUT2D eigenvalue weighted by atomic mass is 19.3. The van der Waals surface area contributed by atoms with Crippen molar-refractivity contribution < 1.29 is 26.8 Å². The molecule has 6 nitrogen and oxygen atoms in total. The Labute approximate surface area is 204 Å². The van der Waals surface area contributed by atoms with E-state index in [0.29, 0.717) is 48.5 Å². The SMILES string of the molecule is [2H]C([2H])([2H])N1C(=O)c2cccc(OC(F)F)c2[C@H]2C[C@@H]1c1nc3ccc(C#CCN4CC[C@H](F)C4)cc3n12. The van der Waals surface area contributed by atoms with Crippen molar-refractivity contribution in [3.63, 3.8) is 0 Å². The van der Waals surface area contributed by atoms with Crippen molar-refractivity contribution in [2.45, 2.75) is 37.7 Å². The molecule has 0 saturated carbocycles. The fraction of sp³-hybridized carbons (Fsp3) is 0.385. The fourth-order valence-electron chi connectivity index (χ4n) is 5.37. The summed E-state index contributed by atoms with van der Waals surface area (Å²) >= 11 is 0. The summed E-state index contributed by atoms with van der Waals surface area (Å²) in [6.45, 7) is -4.44. The van der Waals surface area contributed by atoms with E-state index in [9.17, 15) is 18.0 Å². The minimum atomic E-state index is -3.13. The van der Waals surface area contributed by atoms with Crippen LogP contribution in [0.1, 0.15) is 56.3 Å². The van der Waals surface area contributed by atoms with Gasteiger partial charge in [0.2, 0.25) is 0 Å². The molecule has 9 heteroatoms. The van der Waals surface area contributed by atoms with Gasteiger partial charge >= 0.3 is 6.61 Å². The molecule has 4 heterocycles. The van der Waals surface area contributed by atoms with Crippen LogP contribution in [0, 0.1) is 11.8 Å². The number of aromatic nitrogens is 2. The predicted octanol–water partition coefficient (Wildman–Crippen LogP) is 4.15. The monoisotopic (exact) mass is 483 g/mol. The van der Waals surface area contributed by atoms with Gasteiger partial charge in [0.25, 0.3) is 5.91 Å². The number of hydrogen-bond acceptors (Lipinski definition) is 4. The van der Waals surface area contributed by atoms with E-state index < -0.39 is 37.7 Å². The summed E-state index contributed by atoms with van der Waals surface area (Å²) in [5, 5.41) is 0. The summed E-state index contributed by atoms with van der Waals surface area (Å²) in [4.78, 5) is 20.9. The van der Waals surface area contributed by atoms with Crippen LogP contribution in [-0.4, -0.2) is 64.7 Å². The van der Waals surface area contributed by atoms with Crippen molar-refractivity contribution in [2.75, 3.05) is 26.6 Å². The first-order valence-electron chi connectivity index (χ1n) is 12.9. The van der Waals surface area contributed by atoms with Crippen molar-refractivity contribution >= 4 is 16.9 Å². The summed E-state index contributed by atoms with van der Waals surface area (Å²) in [7, 11) is 0. The molecule has 35 heavy (non-hydrogen) atoms. The second-order valence-corrected chi connectivity index (χ2v) is 9.00. The van der Waals surface area contributed by atoms with Gasteiger partial charge in [-0.3, -0.25) is 9.69 Å². The van der Waals surface area contributed by atoms with Crippen LogP contribution < -0.4 is 4.74 Å². The third-order valence-electron chi connectivity index (χ3n) is 6.90. The molecule has 0 spiro atoms. The smallest absolute Gasteiger partial charge is 0.387 e. The van der Waals surface area contributed by atoms with E-state index in [4.69, 9.17) is 8.85 Å². The zero-order valence-electron chi connectivity index (χ0n) is 21.5. The molecule has 0 radical (unpaired) electrons. The van der Waals surface area contributed by atoms with Crippen LogP contribution >= 0.6 is 0 Å². The van der Waals surface area contributed by atoms with Gasteiger partial charge in [0.1, 0.15) is 17.7 Å². The number of carbonyl (C=O) groups is 1. The van der Waals surface area contributed by atoms with Crippen molar-refractivity contribution in [1.29, 1.82) is 0 Å². The molecule has 180 valence electrons. The number of carbonyl (C=O) groups excluding carboxylic acids is 1. The van der Waals surface area contributed by atoms with Gasteiger partial charge in [0.05, 0.1) is 29.7 Å². The van der Waals surface area contributed by atoms with E-state index in [-0.39, 0.29) is 23.3 Å². The Bertz CT molecular complexity index is 1500. The minimum absolute atomic E-state index is 0.00648. The van der Waals surface area contributed by atoms with Crippen molar-refractivity contribution in [3.8, 4) is 17.6 Å². The van der Waals surface area contributed by atoms with Crippen LogP contribution in [0.4, 0.5) is 13.2 Å². The number of alkyl halides is 3. The number of fused-ring (bicyclic) bond motifs is 9. The Morgan fingerprint density at radius 3 is 2.94 bits per heavy atom. The number of likely N-dealkylation sites (tertiary alicyclic amines) is 1. The first kappa shape index (κ1) is 18.8. The fourth-order valence-corrected chi connectivity index (χ4v) is 5.37. The molecule has 6 rings (SSSR count). The Kier molecular flexibility index (Phi) is 4.46. The maximum atomic E-state index is 13.5. The Morgan fingerprint density at radius 2 is 2.17 bits per heavy atom. The zero-order chi connectivity index (χ0) is 26.8. The highest BCUT2D eigenvalue weighted by Gasteiger charge is 2.45. The number of hydrogen-bond donors (Lipinski definition) is 0. The van der Waals surface area contributed by atoms with Gasteiger partial charge < -0.3 is 14.2 Å². The van der Waals surface area contributed by atoms with Crippen LogP contribution in [0.15, 0.2) is 36.4 Å². The highest BCUT2D eigenvalue weighted by molar-refractivity contribution is 5.97. The normalized spacial score (nSPS) is 24.9. The standard InChI is InChI=1S/C26H23F3N4O2/c1-31-21-13-20(23-17(25(31)34)5-2-6-22(23)35-26(28)29)33-19-12-15(7-8-18(19)30-24(21)33)4-3-10-32-11-9-16(27)14-32/h2,5-8,12,16,20-21,26H,9-11,13-14H2,1H3/t16-,20+,21+/m0/s1/i1D3. The summed E-state index contributed by atoms with van der Waals surface area (Å²) in [6.07, 6.45) is -0.171. The van der Waals surface area contributed by atoms with E-state index in [0.717, 1.165) is 4.90 Å². The van der Waals surface area contributed by atoms with E-state index in [1.54, 1.807) is 12.1 Å². The average Bonchev–Trinajstić information content (AvgIpc) is 3.50. The minimum Gasteiger partial charge on any atom is -0.434 e. The van der Waals surface area contributed by atoms with Gasteiger partial charge in [0, 0.05) is 47.3 Å². The second-order valence-electron chi connectivity index (χ2n) is 9.00. The van der Waals surface area contributed by atoms with Crippen molar-refractivity contribution in [3.05, 3.63) is 58.9 Å². The summed E-state index contributed by atoms with van der Waals surface area (Å²) in [6, 6.07) is 8.00. The molecule has 0 aliphatic carbocycles. The maximum Gasteiger partial charge on any atom is 0.387 e. The van der Waals surface area contributed by atoms with E-state index in [2.05, 4.69) is 16.8 Å². The number of ether oxygens (including phenoxy) is 1. The van der Waals surface area contributed by atoms with Gasteiger partial charge in [-0.1, -0.05) is 17.9 Å². The van der Waals surface area contributed by atoms with Gasteiger partial charge in [-0.25, -0.2) is 9.37 Å². The number of imidazole rings is 1. The highest BCUT2D eigenvalue weighted by Crippen LogP contribution is 2.49. The van der Waals surface area contributed by atoms with Crippen molar-refractivity contribution in [2.24, 2.45) is 0 Å². The lowest BCUT2D eigenvalue weighted by atomic mass is 9.97. The lowest BCUT2D eigenvalue weighted by Crippen LogP contribution is -2.30. The maximum absolute atomic E-state index is 13.5. The second kappa shape index (κ2) is 8.31. The van der Waals surface area contributed by atoms with E-state index in [1.165, 1.54) is 18.2 Å². The summed E-state index contributed by atoms with van der Waals surface area (Å²) in [5.74, 6) is 5.57. The van der Waals surface area contributed by atoms with Crippen LogP contribution in [0.3, 0.4) is 0 Å². The van der Waals surface area contributed by atoms with E-state index >= 15 is 0 Å². The largest absolute Gasteiger partial charge is 0.434 e. The van der Waals surface area contributed by atoms with Crippen molar-refractivity contribution in [1.82, 2.24) is 19.4 Å². The lowest BCUT2D eigenvalue weighted by Gasteiger charge is -2.24. The molecule has 2 aromatic carbocycles. The molecule has 1 aromatic heterocycles. The number of rotatable bonds is 3. The molecule has 3 aliphatic heterocycles. The molecule has 1 fully saturated rings. The van der Waals surface area contributed by atoms with E-state index in [1.807, 2.05) is 15.5 Å². The van der Waals surface area contributed by atoms with Gasteiger partial charge in [-0.2, -0.15) is 8.78 Å². The molecule has 3 aliphatic rings. The molecule has 1 amide bonds. The Morgan fingerprint density at radius 1 is 1.29 bits per heavy atom. The molecule has 0 unspecified atom stereocenters. The summed E-state index contributed by atoms with van der Waals surface area (Å²) < 4.78 is 71.0. The van der Waals surface area contributed by atoms with Crippen LogP contribution in [0.2, 0.25) is 0 Å². The Balaban J connectivity index is 1.48. The van der Waals surface area contributed by atoms with Crippen LogP contribution in [0.25, 0.3) is 11.0 Å². The lowest BCUT2D eigenvalue weighted by molar-refractivity contribution is -0.0507. The zero-order valence-corrected chi connectivity index (χ0v) is 18.5. The molecule has 3 atom stereocenters. The molecular weight excluding hydrogens is 457 g/mol. The van der Waals surface area contributed by atoms with Gasteiger partial charge in [0.15, 0.2) is 0 Å². The number of nitrogens with zero attached hydrogens (tertiary/aromatic N) is 4. The molecular formula is C26H23F3N4O2. The number of halogens is 3. The molecule has 1 saturated heterocycles. The topological polar surface area (TPSA) is 50.6 Å². The molecule has 2 bridgehead atoms. The quantitative estimate of drug-likeness (QED) is 0.526. The third-order valence-corrected chi connectivity index (χ3v) is 6.90.